The van der Waals surface area contributed by atoms with Crippen LogP contribution in [-0.4, -0.2) is 19.2 Å². The molecule has 1 unspecified atom stereocenters. The van der Waals surface area contributed by atoms with Gasteiger partial charge in [-0.3, -0.25) is 0 Å². The van der Waals surface area contributed by atoms with Gasteiger partial charge in [-0.15, -0.1) is 0 Å². The molecule has 0 aliphatic carbocycles. The van der Waals surface area contributed by atoms with Crippen molar-refractivity contribution in [1.29, 1.82) is 0 Å². The van der Waals surface area contributed by atoms with Crippen LogP contribution in [0, 0.1) is 5.82 Å². The third kappa shape index (κ3) is 4.71. The van der Waals surface area contributed by atoms with Crippen LogP contribution in [-0.2, 0) is 0 Å². The van der Waals surface area contributed by atoms with Gasteiger partial charge in [0.25, 0.3) is 0 Å². The van der Waals surface area contributed by atoms with E-state index in [-0.39, 0.29) is 11.4 Å². The molecule has 3 N–H and O–H groups in total. The van der Waals surface area contributed by atoms with Gasteiger partial charge >= 0.3 is 0 Å². The molecule has 0 saturated heterocycles. The van der Waals surface area contributed by atoms with Crippen LogP contribution in [0.4, 0.5) is 10.1 Å². The van der Waals surface area contributed by atoms with Crippen molar-refractivity contribution in [2.24, 2.45) is 5.73 Å². The summed E-state index contributed by atoms with van der Waals surface area (Å²) in [6, 6.07) is 4.69. The SMILES string of the molecule is CCCCCC(C)(CN)Nc1cc(OC)ccc1F. The molecule has 108 valence electrons. The first-order valence-corrected chi connectivity index (χ1v) is 6.86. The molecule has 1 aromatic carbocycles. The van der Waals surface area contributed by atoms with E-state index in [1.54, 1.807) is 19.2 Å². The predicted octanol–water partition coefficient (Wildman–Crippen LogP) is 3.54. The number of nitrogens with one attached hydrogen (secondary N) is 1. The number of hydrogen-bond donors (Lipinski definition) is 2. The minimum Gasteiger partial charge on any atom is -0.497 e. The van der Waals surface area contributed by atoms with E-state index in [0.29, 0.717) is 18.0 Å². The van der Waals surface area contributed by atoms with Gasteiger partial charge in [-0.25, -0.2) is 4.39 Å². The van der Waals surface area contributed by atoms with E-state index in [2.05, 4.69) is 12.2 Å². The highest BCUT2D eigenvalue weighted by atomic mass is 19.1. The van der Waals surface area contributed by atoms with Gasteiger partial charge in [0.15, 0.2) is 0 Å². The van der Waals surface area contributed by atoms with Crippen molar-refractivity contribution in [3.63, 3.8) is 0 Å². The number of hydrogen-bond acceptors (Lipinski definition) is 3. The van der Waals surface area contributed by atoms with Crippen LogP contribution in [0.1, 0.15) is 39.5 Å². The molecule has 1 rings (SSSR count). The van der Waals surface area contributed by atoms with Crippen LogP contribution in [0.25, 0.3) is 0 Å². The van der Waals surface area contributed by atoms with Gasteiger partial charge < -0.3 is 15.8 Å². The van der Waals surface area contributed by atoms with Gasteiger partial charge in [0.05, 0.1) is 12.8 Å². The van der Waals surface area contributed by atoms with Crippen molar-refractivity contribution in [3.8, 4) is 5.75 Å². The first-order valence-electron chi connectivity index (χ1n) is 6.86. The first kappa shape index (κ1) is 15.8. The standard InChI is InChI=1S/C15H25FN2O/c1-4-5-6-9-15(2,11-17)18-14-10-12(19-3)7-8-13(14)16/h7-8,10,18H,4-6,9,11,17H2,1-3H3. The summed E-state index contributed by atoms with van der Waals surface area (Å²) < 4.78 is 18.9. The Morgan fingerprint density at radius 1 is 1.37 bits per heavy atom. The molecular formula is C15H25FN2O. The van der Waals surface area contributed by atoms with E-state index in [1.165, 1.54) is 6.07 Å². The molecule has 1 aromatic rings. The molecule has 0 aliphatic heterocycles. The molecular weight excluding hydrogens is 243 g/mol. The summed E-state index contributed by atoms with van der Waals surface area (Å²) in [7, 11) is 1.57. The van der Waals surface area contributed by atoms with Crippen LogP contribution < -0.4 is 15.8 Å². The number of unbranched alkanes of at least 4 members (excludes halogenated alkanes) is 2. The minimum absolute atomic E-state index is 0.282. The number of anilines is 1. The number of benzene rings is 1. The fraction of sp³-hybridized carbons (Fsp3) is 0.600. The van der Waals surface area contributed by atoms with Gasteiger partial charge in [-0.1, -0.05) is 26.2 Å². The summed E-state index contributed by atoms with van der Waals surface area (Å²) in [5.41, 5.74) is 6.00. The second-order valence-electron chi connectivity index (χ2n) is 5.19. The van der Waals surface area contributed by atoms with E-state index in [9.17, 15) is 4.39 Å². The van der Waals surface area contributed by atoms with Crippen molar-refractivity contribution in [2.45, 2.75) is 45.1 Å². The largest absolute Gasteiger partial charge is 0.497 e. The Labute approximate surface area is 115 Å². The van der Waals surface area contributed by atoms with Crippen LogP contribution >= 0.6 is 0 Å². The Kier molecular flexibility index (Phi) is 6.09. The molecule has 0 bridgehead atoms. The first-order chi connectivity index (χ1) is 9.04. The molecule has 0 heterocycles. The van der Waals surface area contributed by atoms with E-state index in [0.717, 1.165) is 25.7 Å². The Hall–Kier alpha value is -1.29. The number of halogens is 1. The lowest BCUT2D eigenvalue weighted by atomic mass is 9.94. The van der Waals surface area contributed by atoms with Crippen molar-refractivity contribution >= 4 is 5.69 Å². The zero-order chi connectivity index (χ0) is 14.3. The monoisotopic (exact) mass is 268 g/mol. The number of rotatable bonds is 8. The summed E-state index contributed by atoms with van der Waals surface area (Å²) in [6.07, 6.45) is 4.34. The second-order valence-corrected chi connectivity index (χ2v) is 5.19. The Morgan fingerprint density at radius 3 is 2.68 bits per heavy atom. The maximum absolute atomic E-state index is 13.8. The molecule has 0 saturated carbocycles. The zero-order valence-electron chi connectivity index (χ0n) is 12.1. The molecule has 0 radical (unpaired) electrons. The fourth-order valence-corrected chi connectivity index (χ4v) is 2.03. The molecule has 3 nitrogen and oxygen atoms in total. The van der Waals surface area contributed by atoms with Crippen molar-refractivity contribution in [3.05, 3.63) is 24.0 Å². The predicted molar refractivity (Wildman–Crippen MR) is 78.2 cm³/mol. The highest BCUT2D eigenvalue weighted by Gasteiger charge is 2.23. The molecule has 0 spiro atoms. The van der Waals surface area contributed by atoms with Gasteiger partial charge in [0.2, 0.25) is 0 Å². The third-order valence-electron chi connectivity index (χ3n) is 3.39. The topological polar surface area (TPSA) is 47.3 Å². The fourth-order valence-electron chi connectivity index (χ4n) is 2.03. The van der Waals surface area contributed by atoms with Crippen LogP contribution in [0.5, 0.6) is 5.75 Å². The minimum atomic E-state index is -0.289. The highest BCUT2D eigenvalue weighted by Crippen LogP contribution is 2.26. The molecule has 4 heteroatoms. The van der Waals surface area contributed by atoms with E-state index < -0.39 is 0 Å². The summed E-state index contributed by atoms with van der Waals surface area (Å²) in [5, 5.41) is 3.23. The Bertz CT molecular complexity index is 398. The van der Waals surface area contributed by atoms with Gasteiger partial charge in [-0.05, 0) is 25.5 Å². The maximum Gasteiger partial charge on any atom is 0.146 e. The summed E-state index contributed by atoms with van der Waals surface area (Å²) >= 11 is 0. The van der Waals surface area contributed by atoms with Crippen LogP contribution in [0.3, 0.4) is 0 Å². The number of methoxy groups -OCH3 is 1. The third-order valence-corrected chi connectivity index (χ3v) is 3.39. The Morgan fingerprint density at radius 2 is 2.11 bits per heavy atom. The molecule has 1 atom stereocenters. The van der Waals surface area contributed by atoms with E-state index in [4.69, 9.17) is 10.5 Å². The summed E-state index contributed by atoms with van der Waals surface area (Å²) in [6.45, 7) is 4.66. The van der Waals surface area contributed by atoms with Crippen LogP contribution in [0.15, 0.2) is 18.2 Å². The second kappa shape index (κ2) is 7.34. The quantitative estimate of drug-likeness (QED) is 0.709. The summed E-state index contributed by atoms with van der Waals surface area (Å²) in [4.78, 5) is 0. The van der Waals surface area contributed by atoms with Crippen molar-refractivity contribution in [2.75, 3.05) is 19.0 Å². The molecule has 19 heavy (non-hydrogen) atoms. The van der Waals surface area contributed by atoms with Gasteiger partial charge in [0, 0.05) is 18.2 Å². The molecule has 0 aromatic heterocycles. The zero-order valence-corrected chi connectivity index (χ0v) is 12.1. The Balaban J connectivity index is 2.78. The van der Waals surface area contributed by atoms with E-state index >= 15 is 0 Å². The lowest BCUT2D eigenvalue weighted by Crippen LogP contribution is -2.42. The number of nitrogens with two attached hydrogens (primary N) is 1. The van der Waals surface area contributed by atoms with E-state index in [1.807, 2.05) is 6.92 Å². The van der Waals surface area contributed by atoms with Gasteiger partial charge in [-0.2, -0.15) is 0 Å². The van der Waals surface area contributed by atoms with Crippen molar-refractivity contribution < 1.29 is 9.13 Å². The molecule has 0 amide bonds. The van der Waals surface area contributed by atoms with Gasteiger partial charge in [0.1, 0.15) is 11.6 Å². The lowest BCUT2D eigenvalue weighted by Gasteiger charge is -2.31. The van der Waals surface area contributed by atoms with Crippen LogP contribution in [0.2, 0.25) is 0 Å². The average Bonchev–Trinajstić information content (AvgIpc) is 2.41. The van der Waals surface area contributed by atoms with Crippen molar-refractivity contribution in [1.82, 2.24) is 0 Å². The lowest BCUT2D eigenvalue weighted by molar-refractivity contribution is 0.412. The summed E-state index contributed by atoms with van der Waals surface area (Å²) in [5.74, 6) is 0.354. The normalized spacial score (nSPS) is 13.9. The maximum atomic E-state index is 13.8. The average molecular weight is 268 g/mol. The molecule has 0 fully saturated rings. The molecule has 0 aliphatic rings. The highest BCUT2D eigenvalue weighted by molar-refractivity contribution is 5.51. The smallest absolute Gasteiger partial charge is 0.146 e. The number of ether oxygens (including phenoxy) is 1.